The molecule has 1 aromatic heterocycles. The van der Waals surface area contributed by atoms with Gasteiger partial charge in [0.2, 0.25) is 0 Å². The van der Waals surface area contributed by atoms with Gasteiger partial charge in [0.05, 0.1) is 4.92 Å². The van der Waals surface area contributed by atoms with Crippen molar-refractivity contribution in [3.8, 4) is 0 Å². The van der Waals surface area contributed by atoms with Gasteiger partial charge in [0, 0.05) is 17.1 Å². The fourth-order valence-corrected chi connectivity index (χ4v) is 2.09. The van der Waals surface area contributed by atoms with Gasteiger partial charge in [-0.2, -0.15) is 0 Å². The van der Waals surface area contributed by atoms with E-state index in [-0.39, 0.29) is 11.7 Å². The smallest absolute Gasteiger partial charge is 0.287 e. The molecule has 0 saturated heterocycles. The molecule has 0 radical (unpaired) electrons. The molecule has 0 aliphatic heterocycles. The lowest BCUT2D eigenvalue weighted by atomic mass is 10.1. The molecular formula is C14H14ClN3O2. The van der Waals surface area contributed by atoms with E-state index in [0.717, 1.165) is 17.0 Å². The first kappa shape index (κ1) is 14.3. The van der Waals surface area contributed by atoms with Crippen LogP contribution in [0.1, 0.15) is 12.5 Å². The van der Waals surface area contributed by atoms with E-state index in [1.807, 2.05) is 31.2 Å². The average molecular weight is 292 g/mol. The van der Waals surface area contributed by atoms with Crippen molar-refractivity contribution in [3.05, 3.63) is 63.3 Å². The Labute approximate surface area is 121 Å². The Hall–Kier alpha value is -2.14. The first-order valence-electron chi connectivity index (χ1n) is 6.16. The number of hydrogen-bond donors (Lipinski definition) is 1. The molecule has 1 heterocycles. The molecule has 1 N–H and O–H groups in total. The molecule has 0 amide bonds. The number of aromatic nitrogens is 1. The molecular weight excluding hydrogens is 278 g/mol. The lowest BCUT2D eigenvalue weighted by Gasteiger charge is -2.15. The minimum absolute atomic E-state index is 0.0192. The zero-order chi connectivity index (χ0) is 14.5. The summed E-state index contributed by atoms with van der Waals surface area (Å²) in [5.41, 5.74) is 1.03. The highest BCUT2D eigenvalue weighted by Crippen LogP contribution is 2.18. The van der Waals surface area contributed by atoms with Gasteiger partial charge < -0.3 is 5.32 Å². The molecule has 2 rings (SSSR count). The summed E-state index contributed by atoms with van der Waals surface area (Å²) in [6.07, 6.45) is 1.99. The van der Waals surface area contributed by atoms with E-state index in [1.54, 1.807) is 6.07 Å². The molecule has 1 atom stereocenters. The molecule has 0 saturated carbocycles. The minimum Gasteiger partial charge on any atom is -0.367 e. The Kier molecular flexibility index (Phi) is 4.53. The second-order valence-corrected chi connectivity index (χ2v) is 4.91. The van der Waals surface area contributed by atoms with Crippen LogP contribution in [0.5, 0.6) is 0 Å². The van der Waals surface area contributed by atoms with Gasteiger partial charge in [-0.15, -0.1) is 0 Å². The summed E-state index contributed by atoms with van der Waals surface area (Å²) >= 11 is 6.11. The number of pyridine rings is 1. The van der Waals surface area contributed by atoms with Crippen LogP contribution < -0.4 is 5.32 Å². The summed E-state index contributed by atoms with van der Waals surface area (Å²) < 4.78 is 0. The fraction of sp³-hybridized carbons (Fsp3) is 0.214. The Morgan fingerprint density at radius 3 is 2.70 bits per heavy atom. The monoisotopic (exact) mass is 291 g/mol. The van der Waals surface area contributed by atoms with E-state index >= 15 is 0 Å². The van der Waals surface area contributed by atoms with Crippen LogP contribution in [0.2, 0.25) is 5.02 Å². The molecule has 0 bridgehead atoms. The number of hydrogen-bond acceptors (Lipinski definition) is 4. The largest absolute Gasteiger partial charge is 0.367 e. The SMILES string of the molecule is C[C@@H](Cc1ccccc1Cl)Nc1ccc([N+](=O)[O-])cn1. The van der Waals surface area contributed by atoms with Crippen molar-refractivity contribution in [1.82, 2.24) is 4.98 Å². The maximum absolute atomic E-state index is 10.5. The molecule has 5 nitrogen and oxygen atoms in total. The quantitative estimate of drug-likeness (QED) is 0.674. The second kappa shape index (κ2) is 6.34. The Morgan fingerprint density at radius 2 is 2.10 bits per heavy atom. The molecule has 1 aromatic carbocycles. The van der Waals surface area contributed by atoms with Gasteiger partial charge in [-0.25, -0.2) is 4.98 Å². The summed E-state index contributed by atoms with van der Waals surface area (Å²) in [5, 5.41) is 14.5. The predicted octanol–water partition coefficient (Wildman–Crippen LogP) is 3.69. The predicted molar refractivity (Wildman–Crippen MR) is 79.1 cm³/mol. The second-order valence-electron chi connectivity index (χ2n) is 4.50. The lowest BCUT2D eigenvalue weighted by Crippen LogP contribution is -2.19. The number of benzene rings is 1. The van der Waals surface area contributed by atoms with Gasteiger partial charge >= 0.3 is 0 Å². The van der Waals surface area contributed by atoms with E-state index in [1.165, 1.54) is 12.3 Å². The van der Waals surface area contributed by atoms with Gasteiger partial charge in [0.25, 0.3) is 5.69 Å². The zero-order valence-corrected chi connectivity index (χ0v) is 11.7. The number of nitro groups is 1. The molecule has 2 aromatic rings. The molecule has 104 valence electrons. The summed E-state index contributed by atoms with van der Waals surface area (Å²) in [4.78, 5) is 14.1. The summed E-state index contributed by atoms with van der Waals surface area (Å²) in [6, 6.07) is 10.8. The van der Waals surface area contributed by atoms with E-state index in [4.69, 9.17) is 11.6 Å². The van der Waals surface area contributed by atoms with Gasteiger partial charge in [0.1, 0.15) is 12.0 Å². The summed E-state index contributed by atoms with van der Waals surface area (Å²) in [5.74, 6) is 0.607. The van der Waals surface area contributed by atoms with Crippen LogP contribution in [0, 0.1) is 10.1 Å². The van der Waals surface area contributed by atoms with Gasteiger partial charge in [-0.05, 0) is 31.0 Å². The van der Waals surface area contributed by atoms with Gasteiger partial charge in [0.15, 0.2) is 0 Å². The number of anilines is 1. The van der Waals surface area contributed by atoms with Crippen LogP contribution in [0.3, 0.4) is 0 Å². The normalized spacial score (nSPS) is 11.9. The Morgan fingerprint density at radius 1 is 1.35 bits per heavy atom. The molecule has 0 fully saturated rings. The van der Waals surface area contributed by atoms with Crippen molar-refractivity contribution in [2.75, 3.05) is 5.32 Å². The first-order valence-corrected chi connectivity index (χ1v) is 6.54. The van der Waals surface area contributed by atoms with Crippen molar-refractivity contribution in [2.45, 2.75) is 19.4 Å². The van der Waals surface area contributed by atoms with E-state index < -0.39 is 4.92 Å². The lowest BCUT2D eigenvalue weighted by molar-refractivity contribution is -0.385. The van der Waals surface area contributed by atoms with Crippen molar-refractivity contribution in [1.29, 1.82) is 0 Å². The van der Waals surface area contributed by atoms with Gasteiger partial charge in [-0.3, -0.25) is 10.1 Å². The number of halogens is 1. The van der Waals surface area contributed by atoms with Crippen LogP contribution >= 0.6 is 11.6 Å². The van der Waals surface area contributed by atoms with Gasteiger partial charge in [-0.1, -0.05) is 29.8 Å². The third-order valence-electron chi connectivity index (χ3n) is 2.84. The van der Waals surface area contributed by atoms with Crippen LogP contribution in [0.4, 0.5) is 11.5 Å². The fourth-order valence-electron chi connectivity index (χ4n) is 1.88. The maximum atomic E-state index is 10.5. The highest BCUT2D eigenvalue weighted by Gasteiger charge is 2.09. The first-order chi connectivity index (χ1) is 9.56. The van der Waals surface area contributed by atoms with E-state index in [2.05, 4.69) is 10.3 Å². The summed E-state index contributed by atoms with van der Waals surface area (Å²) in [7, 11) is 0. The van der Waals surface area contributed by atoms with Crippen molar-refractivity contribution < 1.29 is 4.92 Å². The Balaban J connectivity index is 1.99. The third kappa shape index (κ3) is 3.68. The zero-order valence-electron chi connectivity index (χ0n) is 10.9. The molecule has 20 heavy (non-hydrogen) atoms. The van der Waals surface area contributed by atoms with Crippen molar-refractivity contribution in [2.24, 2.45) is 0 Å². The number of nitrogens with one attached hydrogen (secondary N) is 1. The maximum Gasteiger partial charge on any atom is 0.287 e. The molecule has 0 unspecified atom stereocenters. The number of rotatable bonds is 5. The highest BCUT2D eigenvalue weighted by atomic mass is 35.5. The molecule has 0 aliphatic carbocycles. The highest BCUT2D eigenvalue weighted by molar-refractivity contribution is 6.31. The average Bonchev–Trinajstić information content (AvgIpc) is 2.42. The van der Waals surface area contributed by atoms with Crippen molar-refractivity contribution in [3.63, 3.8) is 0 Å². The topological polar surface area (TPSA) is 68.1 Å². The van der Waals surface area contributed by atoms with Crippen molar-refractivity contribution >= 4 is 23.1 Å². The molecule has 0 spiro atoms. The van der Waals surface area contributed by atoms with E-state index in [9.17, 15) is 10.1 Å². The van der Waals surface area contributed by atoms with Crippen LogP contribution in [0.25, 0.3) is 0 Å². The minimum atomic E-state index is -0.468. The number of nitrogens with zero attached hydrogens (tertiary/aromatic N) is 2. The third-order valence-corrected chi connectivity index (χ3v) is 3.21. The molecule has 6 heteroatoms. The standard InChI is InChI=1S/C14H14ClN3O2/c1-10(8-11-4-2-3-5-13(11)15)17-14-7-6-12(9-16-14)18(19)20/h2-7,9-10H,8H2,1H3,(H,16,17)/t10-/m0/s1. The van der Waals surface area contributed by atoms with Crippen LogP contribution in [-0.4, -0.2) is 15.9 Å². The Bertz CT molecular complexity index is 602. The van der Waals surface area contributed by atoms with E-state index in [0.29, 0.717) is 5.82 Å². The molecule has 0 aliphatic rings. The summed E-state index contributed by atoms with van der Waals surface area (Å²) in [6.45, 7) is 2.01. The van der Waals surface area contributed by atoms with Crippen LogP contribution in [-0.2, 0) is 6.42 Å². The van der Waals surface area contributed by atoms with Crippen LogP contribution in [0.15, 0.2) is 42.6 Å².